The fourth-order valence-electron chi connectivity index (χ4n) is 4.10. The largest absolute Gasteiger partial charge is 0.457 e. The van der Waals surface area contributed by atoms with Gasteiger partial charge in [0.15, 0.2) is 5.76 Å². The zero-order valence-corrected chi connectivity index (χ0v) is 19.7. The van der Waals surface area contributed by atoms with Crippen LogP contribution in [0.4, 0.5) is 5.69 Å². The van der Waals surface area contributed by atoms with Crippen molar-refractivity contribution in [2.24, 2.45) is 5.10 Å². The summed E-state index contributed by atoms with van der Waals surface area (Å²) in [6, 6.07) is 20.0. The average molecular weight is 481 g/mol. The van der Waals surface area contributed by atoms with Crippen LogP contribution in [0.5, 0.6) is 11.5 Å². The predicted molar refractivity (Wildman–Crippen MR) is 136 cm³/mol. The maximum absolute atomic E-state index is 13.0. The van der Waals surface area contributed by atoms with Crippen molar-refractivity contribution in [2.45, 2.75) is 26.2 Å². The van der Waals surface area contributed by atoms with Crippen LogP contribution < -0.4 is 15.5 Å². The zero-order chi connectivity index (χ0) is 24.9. The molecule has 0 saturated carbocycles. The number of hydrazone groups is 1. The summed E-state index contributed by atoms with van der Waals surface area (Å²) >= 11 is 0. The molecular formula is C28H24N4O4. The van der Waals surface area contributed by atoms with Gasteiger partial charge < -0.3 is 14.5 Å². The zero-order valence-electron chi connectivity index (χ0n) is 19.7. The lowest BCUT2D eigenvalue weighted by Crippen LogP contribution is -2.22. The number of aromatic nitrogens is 1. The Morgan fingerprint density at radius 1 is 0.944 bits per heavy atom. The average Bonchev–Trinajstić information content (AvgIpc) is 3.26. The van der Waals surface area contributed by atoms with Crippen LogP contribution in [-0.2, 0) is 6.42 Å². The Hall–Kier alpha value is -4.72. The minimum Gasteiger partial charge on any atom is -0.457 e. The first-order chi connectivity index (χ1) is 17.6. The molecule has 2 N–H and O–H groups in total. The van der Waals surface area contributed by atoms with Crippen molar-refractivity contribution in [3.8, 4) is 11.5 Å². The molecule has 8 heteroatoms. The van der Waals surface area contributed by atoms with Crippen LogP contribution >= 0.6 is 0 Å². The van der Waals surface area contributed by atoms with Gasteiger partial charge in [-0.1, -0.05) is 18.2 Å². The maximum Gasteiger partial charge on any atom is 0.291 e. The van der Waals surface area contributed by atoms with Crippen LogP contribution in [0, 0.1) is 6.92 Å². The van der Waals surface area contributed by atoms with Crippen LogP contribution in [0.1, 0.15) is 50.6 Å². The molecule has 2 aromatic heterocycles. The van der Waals surface area contributed by atoms with E-state index >= 15 is 0 Å². The van der Waals surface area contributed by atoms with Crippen LogP contribution in [-0.4, -0.2) is 22.5 Å². The molecule has 0 radical (unpaired) electrons. The first kappa shape index (κ1) is 23.0. The number of para-hydroxylation sites is 1. The number of carbonyl (C=O) groups is 2. The number of fused-ring (bicyclic) bond motifs is 1. The Kier molecular flexibility index (Phi) is 6.57. The maximum atomic E-state index is 13.0. The highest BCUT2D eigenvalue weighted by atomic mass is 16.5. The number of hydrogen-bond donors (Lipinski definition) is 2. The summed E-state index contributed by atoms with van der Waals surface area (Å²) in [6.45, 7) is 1.83. The van der Waals surface area contributed by atoms with Crippen LogP contribution in [0.3, 0.4) is 0 Å². The summed E-state index contributed by atoms with van der Waals surface area (Å²) in [5, 5.41) is 7.23. The highest BCUT2D eigenvalue weighted by Crippen LogP contribution is 2.30. The van der Waals surface area contributed by atoms with Crippen LogP contribution in [0.15, 0.2) is 88.6 Å². The predicted octanol–water partition coefficient (Wildman–Crippen LogP) is 5.50. The number of carbonyl (C=O) groups excluding carboxylic acids is 2. The molecule has 4 aromatic rings. The van der Waals surface area contributed by atoms with Crippen molar-refractivity contribution >= 4 is 23.2 Å². The number of hydrogen-bond acceptors (Lipinski definition) is 6. The summed E-state index contributed by atoms with van der Waals surface area (Å²) in [5.74, 6) is 1.64. The number of nitrogens with zero attached hydrogens (tertiary/aromatic N) is 2. The number of amides is 2. The topological polar surface area (TPSA) is 106 Å². The molecule has 2 aromatic carbocycles. The number of pyridine rings is 1. The van der Waals surface area contributed by atoms with Gasteiger partial charge in [0, 0.05) is 35.6 Å². The Bertz CT molecular complexity index is 1410. The van der Waals surface area contributed by atoms with E-state index in [-0.39, 0.29) is 17.6 Å². The van der Waals surface area contributed by atoms with Gasteiger partial charge in [-0.15, -0.1) is 0 Å². The molecule has 0 bridgehead atoms. The van der Waals surface area contributed by atoms with E-state index in [4.69, 9.17) is 9.15 Å². The van der Waals surface area contributed by atoms with Crippen molar-refractivity contribution in [3.05, 3.63) is 107 Å². The van der Waals surface area contributed by atoms with Gasteiger partial charge in [-0.3, -0.25) is 14.6 Å². The van der Waals surface area contributed by atoms with Gasteiger partial charge in [-0.2, -0.15) is 5.10 Å². The molecule has 2 amide bonds. The van der Waals surface area contributed by atoms with Gasteiger partial charge >= 0.3 is 0 Å². The Labute approximate surface area is 208 Å². The molecule has 36 heavy (non-hydrogen) atoms. The Morgan fingerprint density at radius 2 is 1.72 bits per heavy atom. The summed E-state index contributed by atoms with van der Waals surface area (Å²) in [5.41, 5.74) is 5.80. The second kappa shape index (κ2) is 10.3. The fourth-order valence-corrected chi connectivity index (χ4v) is 4.10. The molecule has 5 rings (SSSR count). The van der Waals surface area contributed by atoms with E-state index in [9.17, 15) is 9.59 Å². The van der Waals surface area contributed by atoms with Gasteiger partial charge in [0.05, 0.1) is 11.3 Å². The van der Waals surface area contributed by atoms with Gasteiger partial charge in [-0.25, -0.2) is 5.43 Å². The van der Waals surface area contributed by atoms with E-state index in [1.54, 1.807) is 42.6 Å². The minimum absolute atomic E-state index is 0.234. The molecular weight excluding hydrogens is 456 g/mol. The molecule has 0 saturated heterocycles. The Morgan fingerprint density at radius 3 is 2.47 bits per heavy atom. The summed E-state index contributed by atoms with van der Waals surface area (Å²) in [4.78, 5) is 29.4. The second-order valence-electron chi connectivity index (χ2n) is 8.34. The Balaban J connectivity index is 1.29. The normalized spacial score (nSPS) is 13.6. The fraction of sp³-hybridized carbons (Fsp3) is 0.143. The van der Waals surface area contributed by atoms with Gasteiger partial charge in [0.2, 0.25) is 0 Å². The number of furan rings is 1. The van der Waals surface area contributed by atoms with Crippen molar-refractivity contribution in [2.75, 3.05) is 5.32 Å². The SMILES string of the molecule is Cc1c(C(=O)Nc2ccc(Oc3ccccc3)cc2)oc2c1/C(=N/NC(=O)c1cccnc1)CCC2. The molecule has 180 valence electrons. The number of benzene rings is 2. The molecule has 0 unspecified atom stereocenters. The molecule has 8 nitrogen and oxygen atoms in total. The van der Waals surface area contributed by atoms with E-state index in [2.05, 4.69) is 20.8 Å². The standard InChI is InChI=1S/C28H24N4O4/c1-18-25-23(31-32-27(33)19-7-6-16-29-17-19)10-5-11-24(25)36-26(18)28(34)30-20-12-14-22(15-13-20)35-21-8-3-2-4-9-21/h2-4,6-9,12-17H,5,10-11H2,1H3,(H,30,34)(H,32,33)/b31-23+. The third kappa shape index (κ3) is 5.02. The number of rotatable bonds is 6. The van der Waals surface area contributed by atoms with Gasteiger partial charge in [-0.05, 0) is 68.3 Å². The molecule has 0 aliphatic heterocycles. The number of nitrogens with one attached hydrogen (secondary N) is 2. The molecule has 0 fully saturated rings. The highest BCUT2D eigenvalue weighted by Gasteiger charge is 2.28. The van der Waals surface area contributed by atoms with Crippen molar-refractivity contribution in [1.82, 2.24) is 10.4 Å². The van der Waals surface area contributed by atoms with E-state index in [0.717, 1.165) is 17.7 Å². The van der Waals surface area contributed by atoms with Gasteiger partial charge in [0.25, 0.3) is 11.8 Å². The van der Waals surface area contributed by atoms with E-state index in [1.165, 1.54) is 6.20 Å². The lowest BCUT2D eigenvalue weighted by molar-refractivity contribution is 0.0953. The lowest BCUT2D eigenvalue weighted by atomic mass is 9.93. The lowest BCUT2D eigenvalue weighted by Gasteiger charge is -2.13. The molecule has 1 aliphatic carbocycles. The molecule has 1 aliphatic rings. The number of ether oxygens (including phenoxy) is 1. The van der Waals surface area contributed by atoms with Crippen molar-refractivity contribution in [1.29, 1.82) is 0 Å². The van der Waals surface area contributed by atoms with E-state index in [0.29, 0.717) is 46.9 Å². The third-order valence-corrected chi connectivity index (χ3v) is 5.84. The molecule has 0 spiro atoms. The second-order valence-corrected chi connectivity index (χ2v) is 8.34. The first-order valence-corrected chi connectivity index (χ1v) is 11.6. The quantitative estimate of drug-likeness (QED) is 0.355. The van der Waals surface area contributed by atoms with Gasteiger partial charge in [0.1, 0.15) is 17.3 Å². The monoisotopic (exact) mass is 480 g/mol. The van der Waals surface area contributed by atoms with E-state index < -0.39 is 0 Å². The summed E-state index contributed by atoms with van der Waals surface area (Å²) in [6.07, 6.45) is 5.26. The summed E-state index contributed by atoms with van der Waals surface area (Å²) < 4.78 is 11.8. The van der Waals surface area contributed by atoms with Crippen LogP contribution in [0.25, 0.3) is 0 Å². The number of anilines is 1. The van der Waals surface area contributed by atoms with E-state index in [1.807, 2.05) is 37.3 Å². The molecule has 2 heterocycles. The minimum atomic E-state index is -0.350. The molecule has 0 atom stereocenters. The van der Waals surface area contributed by atoms with Crippen molar-refractivity contribution in [3.63, 3.8) is 0 Å². The third-order valence-electron chi connectivity index (χ3n) is 5.84. The summed E-state index contributed by atoms with van der Waals surface area (Å²) in [7, 11) is 0. The first-order valence-electron chi connectivity index (χ1n) is 11.6. The smallest absolute Gasteiger partial charge is 0.291 e. The van der Waals surface area contributed by atoms with Crippen molar-refractivity contribution < 1.29 is 18.7 Å². The van der Waals surface area contributed by atoms with Crippen LogP contribution in [0.2, 0.25) is 0 Å². The number of aryl methyl sites for hydroxylation is 1. The highest BCUT2D eigenvalue weighted by molar-refractivity contribution is 6.09.